The molecule has 0 atom stereocenters. The summed E-state index contributed by atoms with van der Waals surface area (Å²) in [5.74, 6) is 0.513. The monoisotopic (exact) mass is 320 g/mol. The van der Waals surface area contributed by atoms with Crippen molar-refractivity contribution in [2.24, 2.45) is 0 Å². The van der Waals surface area contributed by atoms with Gasteiger partial charge >= 0.3 is 0 Å². The first-order chi connectivity index (χ1) is 8.70. The van der Waals surface area contributed by atoms with Crippen molar-refractivity contribution in [1.82, 2.24) is 0 Å². The van der Waals surface area contributed by atoms with Crippen molar-refractivity contribution in [3.05, 3.63) is 75.8 Å². The van der Waals surface area contributed by atoms with E-state index < -0.39 is 0 Å². The minimum Gasteiger partial charge on any atom is -0.122 e. The number of hydrogen-bond acceptors (Lipinski definition) is 0. The Bertz CT molecular complexity index is 491. The third-order valence-electron chi connectivity index (χ3n) is 2.80. The van der Waals surface area contributed by atoms with E-state index in [2.05, 4.69) is 65.3 Å². The van der Waals surface area contributed by atoms with E-state index in [1.807, 2.05) is 12.1 Å². The van der Waals surface area contributed by atoms with E-state index in [1.54, 1.807) is 0 Å². The Morgan fingerprint density at radius 3 is 2.00 bits per heavy atom. The number of alkyl halides is 1. The molecule has 0 radical (unpaired) electrons. The van der Waals surface area contributed by atoms with Crippen LogP contribution in [0.25, 0.3) is 5.57 Å². The summed E-state index contributed by atoms with van der Waals surface area (Å²) in [4.78, 5) is 0. The van der Waals surface area contributed by atoms with Crippen LogP contribution in [0.15, 0.2) is 59.1 Å². The van der Waals surface area contributed by atoms with E-state index in [9.17, 15) is 0 Å². The highest BCUT2D eigenvalue weighted by Gasteiger charge is 2.04. The van der Waals surface area contributed by atoms with Crippen molar-refractivity contribution < 1.29 is 0 Å². The summed E-state index contributed by atoms with van der Waals surface area (Å²) >= 11 is 9.33. The lowest BCUT2D eigenvalue weighted by atomic mass is 9.97. The largest absolute Gasteiger partial charge is 0.122 e. The van der Waals surface area contributed by atoms with Crippen LogP contribution in [0, 0.1) is 6.92 Å². The molecule has 0 saturated heterocycles. The van der Waals surface area contributed by atoms with Gasteiger partial charge in [-0.2, -0.15) is 0 Å². The minimum absolute atomic E-state index is 0.513. The van der Waals surface area contributed by atoms with Crippen LogP contribution >= 0.6 is 27.5 Å². The lowest BCUT2D eigenvalue weighted by molar-refractivity contribution is 1.44. The molecule has 0 spiro atoms. The first-order valence-corrected chi connectivity index (χ1v) is 7.12. The van der Waals surface area contributed by atoms with Crippen molar-refractivity contribution in [1.29, 1.82) is 0 Å². The number of benzene rings is 2. The normalized spacial score (nSPS) is 11.6. The maximum absolute atomic E-state index is 5.87. The van der Waals surface area contributed by atoms with E-state index in [1.165, 1.54) is 22.3 Å². The van der Waals surface area contributed by atoms with Gasteiger partial charge in [0.1, 0.15) is 0 Å². The zero-order valence-corrected chi connectivity index (χ0v) is 12.5. The fourth-order valence-corrected chi connectivity index (χ4v) is 2.26. The van der Waals surface area contributed by atoms with Gasteiger partial charge in [-0.05, 0) is 35.8 Å². The van der Waals surface area contributed by atoms with Gasteiger partial charge in [0.05, 0.1) is 0 Å². The summed E-state index contributed by atoms with van der Waals surface area (Å²) in [5, 5.41) is 0. The van der Waals surface area contributed by atoms with E-state index in [0.29, 0.717) is 5.88 Å². The molecule has 0 aromatic heterocycles. The molecule has 2 heteroatoms. The first kappa shape index (κ1) is 13.4. The molecule has 0 unspecified atom stereocenters. The predicted molar refractivity (Wildman–Crippen MR) is 83.1 cm³/mol. The van der Waals surface area contributed by atoms with Crippen LogP contribution in [0.2, 0.25) is 0 Å². The molecule has 0 amide bonds. The van der Waals surface area contributed by atoms with E-state index >= 15 is 0 Å². The van der Waals surface area contributed by atoms with Crippen LogP contribution in [0.5, 0.6) is 0 Å². The fourth-order valence-electron chi connectivity index (χ4n) is 1.84. The maximum Gasteiger partial charge on any atom is 0.0413 e. The van der Waals surface area contributed by atoms with Crippen molar-refractivity contribution in [3.8, 4) is 0 Å². The second kappa shape index (κ2) is 6.21. The SMILES string of the molecule is Cc1ccc(/C(=C/CCl)c2ccc(Br)cc2)cc1. The van der Waals surface area contributed by atoms with Gasteiger partial charge in [0, 0.05) is 10.4 Å². The second-order valence-electron chi connectivity index (χ2n) is 4.15. The molecule has 0 aliphatic rings. The third-order valence-corrected chi connectivity index (χ3v) is 3.48. The van der Waals surface area contributed by atoms with Crippen LogP contribution in [-0.4, -0.2) is 5.88 Å². The quantitative estimate of drug-likeness (QED) is 0.661. The van der Waals surface area contributed by atoms with Crippen molar-refractivity contribution >= 4 is 33.1 Å². The number of halogens is 2. The van der Waals surface area contributed by atoms with Gasteiger partial charge in [-0.25, -0.2) is 0 Å². The summed E-state index contributed by atoms with van der Waals surface area (Å²) < 4.78 is 1.08. The van der Waals surface area contributed by atoms with Gasteiger partial charge < -0.3 is 0 Å². The van der Waals surface area contributed by atoms with Gasteiger partial charge in [0.15, 0.2) is 0 Å². The van der Waals surface area contributed by atoms with Crippen molar-refractivity contribution in [2.75, 3.05) is 5.88 Å². The summed E-state index contributed by atoms with van der Waals surface area (Å²) in [5.41, 5.74) is 4.82. The van der Waals surface area contributed by atoms with Gasteiger partial charge in [-0.3, -0.25) is 0 Å². The van der Waals surface area contributed by atoms with Crippen LogP contribution < -0.4 is 0 Å². The molecule has 0 fully saturated rings. The van der Waals surface area contributed by atoms with E-state index in [4.69, 9.17) is 11.6 Å². The fraction of sp³-hybridized carbons (Fsp3) is 0.125. The van der Waals surface area contributed by atoms with Gasteiger partial charge in [-0.1, -0.05) is 64.0 Å². The zero-order chi connectivity index (χ0) is 13.0. The van der Waals surface area contributed by atoms with E-state index in [0.717, 1.165) is 4.47 Å². The lowest BCUT2D eigenvalue weighted by Crippen LogP contribution is -1.89. The molecule has 0 heterocycles. The number of allylic oxidation sites excluding steroid dienone is 1. The zero-order valence-electron chi connectivity index (χ0n) is 10.2. The average Bonchev–Trinajstić information content (AvgIpc) is 2.39. The molecule has 2 aromatic carbocycles. The first-order valence-electron chi connectivity index (χ1n) is 5.80. The summed E-state index contributed by atoms with van der Waals surface area (Å²) in [6.45, 7) is 2.09. The second-order valence-corrected chi connectivity index (χ2v) is 5.37. The number of aryl methyl sites for hydroxylation is 1. The standard InChI is InChI=1S/C16H14BrCl/c1-12-2-4-13(5-3-12)16(10-11-18)14-6-8-15(17)9-7-14/h2-10H,11H2,1H3/b16-10-. The highest BCUT2D eigenvalue weighted by atomic mass is 79.9. The predicted octanol–water partition coefficient (Wildman–Crippen LogP) is 5.43. The number of rotatable bonds is 3. The lowest BCUT2D eigenvalue weighted by Gasteiger charge is -2.09. The van der Waals surface area contributed by atoms with Gasteiger partial charge in [0.25, 0.3) is 0 Å². The molecule has 92 valence electrons. The van der Waals surface area contributed by atoms with Crippen LogP contribution in [-0.2, 0) is 0 Å². The van der Waals surface area contributed by atoms with E-state index in [-0.39, 0.29) is 0 Å². The minimum atomic E-state index is 0.513. The Kier molecular flexibility index (Phi) is 4.62. The van der Waals surface area contributed by atoms with Gasteiger partial charge in [-0.15, -0.1) is 11.6 Å². The molecule has 0 saturated carbocycles. The van der Waals surface area contributed by atoms with Crippen molar-refractivity contribution in [3.63, 3.8) is 0 Å². The Labute approximate surface area is 121 Å². The number of hydrogen-bond donors (Lipinski definition) is 0. The highest BCUT2D eigenvalue weighted by molar-refractivity contribution is 9.10. The molecule has 0 aliphatic heterocycles. The van der Waals surface area contributed by atoms with Crippen LogP contribution in [0.3, 0.4) is 0 Å². The Hall–Kier alpha value is -1.05. The molecule has 0 N–H and O–H groups in total. The molecule has 2 aromatic rings. The van der Waals surface area contributed by atoms with Crippen LogP contribution in [0.1, 0.15) is 16.7 Å². The van der Waals surface area contributed by atoms with Crippen molar-refractivity contribution in [2.45, 2.75) is 6.92 Å². The van der Waals surface area contributed by atoms with Gasteiger partial charge in [0.2, 0.25) is 0 Å². The van der Waals surface area contributed by atoms with Crippen LogP contribution in [0.4, 0.5) is 0 Å². The third kappa shape index (κ3) is 3.24. The highest BCUT2D eigenvalue weighted by Crippen LogP contribution is 2.25. The maximum atomic E-state index is 5.87. The molecule has 2 rings (SSSR count). The summed E-state index contributed by atoms with van der Waals surface area (Å²) in [7, 11) is 0. The average molecular weight is 322 g/mol. The Balaban J connectivity index is 2.43. The Morgan fingerprint density at radius 1 is 1.00 bits per heavy atom. The Morgan fingerprint density at radius 2 is 1.50 bits per heavy atom. The molecule has 0 bridgehead atoms. The molecule has 0 aliphatic carbocycles. The molecule has 18 heavy (non-hydrogen) atoms. The smallest absolute Gasteiger partial charge is 0.0413 e. The molecular formula is C16H14BrCl. The summed E-state index contributed by atoms with van der Waals surface area (Å²) in [6.07, 6.45) is 2.05. The topological polar surface area (TPSA) is 0 Å². The molecule has 0 nitrogen and oxygen atoms in total. The molecular weight excluding hydrogens is 308 g/mol. The summed E-state index contributed by atoms with van der Waals surface area (Å²) in [6, 6.07) is 16.8.